The van der Waals surface area contributed by atoms with Crippen LogP contribution in [0.1, 0.15) is 18.9 Å². The fourth-order valence-electron chi connectivity index (χ4n) is 3.93. The molecule has 6 heteroatoms. The summed E-state index contributed by atoms with van der Waals surface area (Å²) in [6, 6.07) is 5.92. The van der Waals surface area contributed by atoms with E-state index in [-0.39, 0.29) is 5.41 Å². The molecule has 2 heterocycles. The van der Waals surface area contributed by atoms with Crippen LogP contribution < -0.4 is 15.1 Å². The minimum absolute atomic E-state index is 0.0796. The largest absolute Gasteiger partial charge is 0.427 e. The van der Waals surface area contributed by atoms with E-state index < -0.39 is 6.09 Å². The number of benzene rings is 1. The second kappa shape index (κ2) is 5.14. The Bertz CT molecular complexity index is 604. The van der Waals surface area contributed by atoms with Gasteiger partial charge in [0.05, 0.1) is 6.17 Å². The predicted molar refractivity (Wildman–Crippen MR) is 86.1 cm³/mol. The first-order valence-electron chi connectivity index (χ1n) is 7.56. The van der Waals surface area contributed by atoms with E-state index in [4.69, 9.17) is 4.74 Å². The molecule has 1 fully saturated rings. The third-order valence-electron chi connectivity index (χ3n) is 4.83. The van der Waals surface area contributed by atoms with Crippen LogP contribution in [0, 0.1) is 0 Å². The van der Waals surface area contributed by atoms with Crippen molar-refractivity contribution in [3.63, 3.8) is 0 Å². The zero-order valence-electron chi connectivity index (χ0n) is 13.9. The molecule has 0 spiro atoms. The quantitative estimate of drug-likeness (QED) is 0.842. The summed E-state index contributed by atoms with van der Waals surface area (Å²) < 4.78 is 5.38. The van der Waals surface area contributed by atoms with Gasteiger partial charge in [0, 0.05) is 38.8 Å². The molecule has 1 N–H and O–H groups in total. The molecule has 0 bridgehead atoms. The first kappa shape index (κ1) is 15.1. The van der Waals surface area contributed by atoms with E-state index in [2.05, 4.69) is 36.2 Å². The van der Waals surface area contributed by atoms with Crippen LogP contribution in [-0.2, 0) is 5.41 Å². The van der Waals surface area contributed by atoms with Gasteiger partial charge in [-0.3, -0.25) is 10.3 Å². The Balaban J connectivity index is 1.89. The van der Waals surface area contributed by atoms with Crippen molar-refractivity contribution < 1.29 is 9.53 Å². The molecule has 120 valence electrons. The van der Waals surface area contributed by atoms with E-state index in [0.29, 0.717) is 11.9 Å². The molecule has 0 radical (unpaired) electrons. The predicted octanol–water partition coefficient (Wildman–Crippen LogP) is 1.62. The van der Waals surface area contributed by atoms with E-state index in [1.165, 1.54) is 11.3 Å². The highest BCUT2D eigenvalue weighted by atomic mass is 16.6. The van der Waals surface area contributed by atoms with Gasteiger partial charge in [0.25, 0.3) is 0 Å². The van der Waals surface area contributed by atoms with Gasteiger partial charge in [0.15, 0.2) is 0 Å². The molecule has 1 amide bonds. The molecule has 0 saturated carbocycles. The Hall–Kier alpha value is -1.79. The number of likely N-dealkylation sites (N-methyl/N-ethyl adjacent to an activating group) is 2. The van der Waals surface area contributed by atoms with Crippen LogP contribution in [0.25, 0.3) is 0 Å². The molecule has 6 nitrogen and oxygen atoms in total. The summed E-state index contributed by atoms with van der Waals surface area (Å²) >= 11 is 0. The summed E-state index contributed by atoms with van der Waals surface area (Å²) in [6.45, 7) is 3.38. The van der Waals surface area contributed by atoms with Crippen LogP contribution in [-0.4, -0.2) is 56.9 Å². The number of hydrogen-bond acceptors (Lipinski definition) is 5. The third kappa shape index (κ3) is 2.23. The number of carbonyl (C=O) groups is 1. The SMILES string of the molecule is CN(C)NC(=O)Oc1ccc2c(c1)[C@]1(C)CCN(C)C1N2C. The Morgan fingerprint density at radius 3 is 2.82 bits per heavy atom. The Labute approximate surface area is 131 Å². The Kier molecular flexibility index (Phi) is 3.53. The van der Waals surface area contributed by atoms with Crippen LogP contribution in [0.2, 0.25) is 0 Å². The zero-order chi connectivity index (χ0) is 16.1. The lowest BCUT2D eigenvalue weighted by Crippen LogP contribution is -2.45. The van der Waals surface area contributed by atoms with Crippen molar-refractivity contribution in [2.45, 2.75) is 24.9 Å². The van der Waals surface area contributed by atoms with E-state index >= 15 is 0 Å². The minimum atomic E-state index is -0.471. The molecule has 22 heavy (non-hydrogen) atoms. The van der Waals surface area contributed by atoms with Gasteiger partial charge in [-0.15, -0.1) is 0 Å². The Morgan fingerprint density at radius 2 is 2.14 bits per heavy atom. The van der Waals surface area contributed by atoms with Gasteiger partial charge in [-0.1, -0.05) is 6.92 Å². The van der Waals surface area contributed by atoms with Crippen molar-refractivity contribution in [1.82, 2.24) is 15.3 Å². The minimum Gasteiger partial charge on any atom is -0.409 e. The van der Waals surface area contributed by atoms with Gasteiger partial charge in [0.1, 0.15) is 5.75 Å². The number of rotatable bonds is 2. The summed E-state index contributed by atoms with van der Waals surface area (Å²) in [7, 11) is 7.80. The number of nitrogens with zero attached hydrogens (tertiary/aromatic N) is 3. The van der Waals surface area contributed by atoms with Crippen molar-refractivity contribution in [2.24, 2.45) is 0 Å². The number of ether oxygens (including phenoxy) is 1. The highest BCUT2D eigenvalue weighted by Gasteiger charge is 2.52. The van der Waals surface area contributed by atoms with E-state index in [1.54, 1.807) is 19.1 Å². The van der Waals surface area contributed by atoms with Gasteiger partial charge < -0.3 is 9.64 Å². The lowest BCUT2D eigenvalue weighted by atomic mass is 9.81. The van der Waals surface area contributed by atoms with Crippen molar-refractivity contribution in [3.8, 4) is 5.75 Å². The van der Waals surface area contributed by atoms with Crippen LogP contribution in [0.4, 0.5) is 10.5 Å². The molecular weight excluding hydrogens is 280 g/mol. The van der Waals surface area contributed by atoms with Crippen molar-refractivity contribution >= 4 is 11.8 Å². The standard InChI is InChI=1S/C16H24N4O2/c1-16-8-9-19(4)14(16)20(5)13-7-6-11(10-12(13)16)22-15(21)17-18(2)3/h6-7,10,14H,8-9H2,1-5H3,(H,17,21)/t14?,16-/m0/s1. The number of hydrogen-bond donors (Lipinski definition) is 1. The number of amides is 1. The normalized spacial score (nSPS) is 27.0. The highest BCUT2D eigenvalue weighted by Crippen LogP contribution is 2.51. The van der Waals surface area contributed by atoms with Crippen LogP contribution in [0.3, 0.4) is 0 Å². The van der Waals surface area contributed by atoms with Crippen molar-refractivity contribution in [3.05, 3.63) is 23.8 Å². The van der Waals surface area contributed by atoms with Crippen LogP contribution >= 0.6 is 0 Å². The first-order chi connectivity index (χ1) is 10.3. The summed E-state index contributed by atoms with van der Waals surface area (Å²) in [4.78, 5) is 16.5. The average molecular weight is 304 g/mol. The molecule has 1 aromatic carbocycles. The number of anilines is 1. The van der Waals surface area contributed by atoms with Gasteiger partial charge in [-0.2, -0.15) is 0 Å². The van der Waals surface area contributed by atoms with E-state index in [1.807, 2.05) is 18.2 Å². The number of fused-ring (bicyclic) bond motifs is 3. The van der Waals surface area contributed by atoms with Gasteiger partial charge in [-0.05, 0) is 37.2 Å². The van der Waals surface area contributed by atoms with Crippen LogP contribution in [0.5, 0.6) is 5.75 Å². The molecule has 3 rings (SSSR count). The lowest BCUT2D eigenvalue weighted by molar-refractivity contribution is 0.171. The highest BCUT2D eigenvalue weighted by molar-refractivity contribution is 5.72. The smallest absolute Gasteiger partial charge is 0.409 e. The van der Waals surface area contributed by atoms with Gasteiger partial charge in [-0.25, -0.2) is 9.80 Å². The van der Waals surface area contributed by atoms with Gasteiger partial charge in [0.2, 0.25) is 0 Å². The first-order valence-corrected chi connectivity index (χ1v) is 7.56. The number of hydrazine groups is 1. The van der Waals surface area contributed by atoms with Crippen LogP contribution in [0.15, 0.2) is 18.2 Å². The van der Waals surface area contributed by atoms with Gasteiger partial charge >= 0.3 is 6.09 Å². The molecule has 0 aromatic heterocycles. The fraction of sp³-hybridized carbons (Fsp3) is 0.562. The third-order valence-corrected chi connectivity index (χ3v) is 4.83. The molecule has 1 aromatic rings. The maximum absolute atomic E-state index is 11.8. The molecule has 1 unspecified atom stereocenters. The molecule has 0 aliphatic carbocycles. The zero-order valence-corrected chi connectivity index (χ0v) is 13.9. The van der Waals surface area contributed by atoms with Crippen molar-refractivity contribution in [2.75, 3.05) is 39.6 Å². The molecule has 2 aliphatic rings. The van der Waals surface area contributed by atoms with E-state index in [0.717, 1.165) is 13.0 Å². The molecule has 1 saturated heterocycles. The fourth-order valence-corrected chi connectivity index (χ4v) is 3.93. The molecular formula is C16H24N4O2. The second-order valence-electron chi connectivity index (χ2n) is 6.71. The molecule has 2 atom stereocenters. The Morgan fingerprint density at radius 1 is 1.41 bits per heavy atom. The van der Waals surface area contributed by atoms with E-state index in [9.17, 15) is 4.79 Å². The maximum Gasteiger partial charge on any atom is 0.427 e. The summed E-state index contributed by atoms with van der Waals surface area (Å²) in [5.74, 6) is 0.586. The lowest BCUT2D eigenvalue weighted by Gasteiger charge is -2.32. The maximum atomic E-state index is 11.8. The summed E-state index contributed by atoms with van der Waals surface area (Å²) in [5, 5.41) is 1.56. The second-order valence-corrected chi connectivity index (χ2v) is 6.71. The summed E-state index contributed by atoms with van der Waals surface area (Å²) in [6.07, 6.45) is 1.01. The van der Waals surface area contributed by atoms with Crippen molar-refractivity contribution in [1.29, 1.82) is 0 Å². The number of likely N-dealkylation sites (tertiary alicyclic amines) is 1. The monoisotopic (exact) mass is 304 g/mol. The number of carbonyl (C=O) groups excluding carboxylic acids is 1. The summed E-state index contributed by atoms with van der Waals surface area (Å²) in [5.41, 5.74) is 5.15. The number of nitrogens with one attached hydrogen (secondary N) is 1. The molecule has 2 aliphatic heterocycles. The average Bonchev–Trinajstić information content (AvgIpc) is 2.84. The topological polar surface area (TPSA) is 48.1 Å².